The van der Waals surface area contributed by atoms with E-state index in [2.05, 4.69) is 5.10 Å². The number of rotatable bonds is 6. The Labute approximate surface area is 234 Å². The molecular formula is C31H25ClN4O4. The summed E-state index contributed by atoms with van der Waals surface area (Å²) in [5.74, 6) is 2.03. The first-order valence-corrected chi connectivity index (χ1v) is 12.9. The molecule has 0 aliphatic carbocycles. The minimum Gasteiger partial charge on any atom is -0.496 e. The maximum Gasteiger partial charge on any atom is 0.282 e. The van der Waals surface area contributed by atoms with Crippen molar-refractivity contribution < 1.29 is 13.9 Å². The lowest BCUT2D eigenvalue weighted by molar-refractivity contribution is 0.412. The molecule has 0 atom stereocenters. The number of hydrogen-bond acceptors (Lipinski definition) is 6. The van der Waals surface area contributed by atoms with Gasteiger partial charge in [-0.3, -0.25) is 4.79 Å². The van der Waals surface area contributed by atoms with E-state index in [1.54, 1.807) is 44.7 Å². The zero-order valence-corrected chi connectivity index (χ0v) is 23.1. The Hall–Kier alpha value is -4.82. The molecule has 0 fully saturated rings. The number of benzene rings is 3. The summed E-state index contributed by atoms with van der Waals surface area (Å²) in [6.07, 6.45) is 1.65. The van der Waals surface area contributed by atoms with Crippen molar-refractivity contribution in [3.63, 3.8) is 0 Å². The summed E-state index contributed by atoms with van der Waals surface area (Å²) >= 11 is 6.31. The third-order valence-corrected chi connectivity index (χ3v) is 7.12. The maximum absolute atomic E-state index is 13.7. The van der Waals surface area contributed by atoms with Crippen LogP contribution in [0.5, 0.6) is 11.5 Å². The molecule has 0 amide bonds. The molecule has 200 valence electrons. The highest BCUT2D eigenvalue weighted by atomic mass is 35.5. The highest BCUT2D eigenvalue weighted by Crippen LogP contribution is 2.33. The monoisotopic (exact) mass is 552 g/mol. The molecular weight excluding hydrogens is 528 g/mol. The SMILES string of the molecule is COc1ccc(Cl)cc1-n1c(C)cc(C=Nn2c(-c3cc4c(OC)cccc4o3)nc3ccccc3c2=O)c1C. The molecule has 6 rings (SSSR count). The summed E-state index contributed by atoms with van der Waals surface area (Å²) in [7, 11) is 3.23. The number of para-hydroxylation sites is 1. The van der Waals surface area contributed by atoms with Crippen LogP contribution in [0.15, 0.2) is 87.1 Å². The molecule has 8 nitrogen and oxygen atoms in total. The average molecular weight is 553 g/mol. The molecule has 6 aromatic rings. The van der Waals surface area contributed by atoms with Gasteiger partial charge < -0.3 is 18.5 Å². The van der Waals surface area contributed by atoms with Gasteiger partial charge in [0.1, 0.15) is 17.1 Å². The molecule has 0 saturated heterocycles. The summed E-state index contributed by atoms with van der Waals surface area (Å²) in [6.45, 7) is 3.96. The fourth-order valence-corrected chi connectivity index (χ4v) is 5.13. The fourth-order valence-electron chi connectivity index (χ4n) is 4.96. The number of halogens is 1. The second-order valence-corrected chi connectivity index (χ2v) is 9.71. The Morgan fingerprint density at radius 1 is 0.925 bits per heavy atom. The van der Waals surface area contributed by atoms with E-state index in [4.69, 9.17) is 30.5 Å². The van der Waals surface area contributed by atoms with Crippen LogP contribution in [-0.2, 0) is 0 Å². The first-order valence-electron chi connectivity index (χ1n) is 12.6. The lowest BCUT2D eigenvalue weighted by atomic mass is 10.2. The van der Waals surface area contributed by atoms with Gasteiger partial charge in [0, 0.05) is 22.0 Å². The first kappa shape index (κ1) is 25.5. The van der Waals surface area contributed by atoms with Crippen molar-refractivity contribution in [1.29, 1.82) is 0 Å². The van der Waals surface area contributed by atoms with Crippen molar-refractivity contribution in [2.24, 2.45) is 5.10 Å². The number of furan rings is 1. The fraction of sp³-hybridized carbons (Fsp3) is 0.129. The van der Waals surface area contributed by atoms with E-state index < -0.39 is 0 Å². The minimum atomic E-state index is -0.311. The third-order valence-electron chi connectivity index (χ3n) is 6.88. The molecule has 0 aliphatic heterocycles. The van der Waals surface area contributed by atoms with Crippen molar-refractivity contribution >= 4 is 39.7 Å². The van der Waals surface area contributed by atoms with Gasteiger partial charge in [-0.25, -0.2) is 4.98 Å². The van der Waals surface area contributed by atoms with E-state index >= 15 is 0 Å². The predicted octanol–water partition coefficient (Wildman–Crippen LogP) is 6.77. The number of methoxy groups -OCH3 is 2. The molecule has 0 unspecified atom stereocenters. The summed E-state index contributed by atoms with van der Waals surface area (Å²) in [4.78, 5) is 18.5. The van der Waals surface area contributed by atoms with Crippen molar-refractivity contribution in [3.05, 3.63) is 105 Å². The van der Waals surface area contributed by atoms with Gasteiger partial charge in [0.05, 0.1) is 42.4 Å². The summed E-state index contributed by atoms with van der Waals surface area (Å²) in [6, 6.07) is 22.0. The molecule has 0 bridgehead atoms. The minimum absolute atomic E-state index is 0.281. The molecule has 0 aliphatic rings. The van der Waals surface area contributed by atoms with Crippen molar-refractivity contribution in [2.45, 2.75) is 13.8 Å². The lowest BCUT2D eigenvalue weighted by Gasteiger charge is -2.14. The average Bonchev–Trinajstić information content (AvgIpc) is 3.52. The van der Waals surface area contributed by atoms with Crippen molar-refractivity contribution in [1.82, 2.24) is 14.2 Å². The number of ether oxygens (including phenoxy) is 2. The Morgan fingerprint density at radius 2 is 1.73 bits per heavy atom. The molecule has 40 heavy (non-hydrogen) atoms. The molecule has 0 spiro atoms. The number of aryl methyl sites for hydroxylation is 1. The second kappa shape index (κ2) is 10.1. The van der Waals surface area contributed by atoms with Gasteiger partial charge in [-0.15, -0.1) is 0 Å². The van der Waals surface area contributed by atoms with Crippen molar-refractivity contribution in [3.8, 4) is 28.8 Å². The van der Waals surface area contributed by atoms with Crippen LogP contribution in [0.3, 0.4) is 0 Å². The second-order valence-electron chi connectivity index (χ2n) is 9.27. The molecule has 9 heteroatoms. The van der Waals surface area contributed by atoms with Crippen molar-refractivity contribution in [2.75, 3.05) is 14.2 Å². The highest BCUT2D eigenvalue weighted by Gasteiger charge is 2.19. The van der Waals surface area contributed by atoms with E-state index in [9.17, 15) is 4.79 Å². The smallest absolute Gasteiger partial charge is 0.282 e. The van der Waals surface area contributed by atoms with Crippen LogP contribution in [0.2, 0.25) is 5.02 Å². The largest absolute Gasteiger partial charge is 0.496 e. The lowest BCUT2D eigenvalue weighted by Crippen LogP contribution is -2.20. The van der Waals surface area contributed by atoms with E-state index in [1.807, 2.05) is 66.9 Å². The van der Waals surface area contributed by atoms with Crippen LogP contribution in [-0.4, -0.2) is 34.7 Å². The molecule has 0 N–H and O–H groups in total. The van der Waals surface area contributed by atoms with Gasteiger partial charge >= 0.3 is 0 Å². The van der Waals surface area contributed by atoms with E-state index in [1.165, 1.54) is 4.68 Å². The predicted molar refractivity (Wildman–Crippen MR) is 158 cm³/mol. The van der Waals surface area contributed by atoms with Crippen LogP contribution in [0.1, 0.15) is 17.0 Å². The molecule has 3 aromatic carbocycles. The zero-order valence-electron chi connectivity index (χ0n) is 22.3. The number of hydrogen-bond donors (Lipinski definition) is 0. The third kappa shape index (κ3) is 4.23. The maximum atomic E-state index is 13.7. The van der Waals surface area contributed by atoms with Gasteiger partial charge in [0.15, 0.2) is 5.76 Å². The van der Waals surface area contributed by atoms with Crippen LogP contribution in [0.25, 0.3) is 39.1 Å². The highest BCUT2D eigenvalue weighted by molar-refractivity contribution is 6.30. The van der Waals surface area contributed by atoms with E-state index in [0.717, 1.165) is 28.0 Å². The Morgan fingerprint density at radius 3 is 2.52 bits per heavy atom. The Kier molecular flexibility index (Phi) is 6.40. The van der Waals surface area contributed by atoms with Gasteiger partial charge in [-0.05, 0) is 68.4 Å². The number of aromatic nitrogens is 3. The normalized spacial score (nSPS) is 11.6. The molecule has 0 radical (unpaired) electrons. The number of fused-ring (bicyclic) bond motifs is 2. The molecule has 3 heterocycles. The van der Waals surface area contributed by atoms with Crippen LogP contribution in [0, 0.1) is 13.8 Å². The van der Waals surface area contributed by atoms with Gasteiger partial charge in [-0.1, -0.05) is 29.8 Å². The Bertz CT molecular complexity index is 2000. The van der Waals surface area contributed by atoms with Crippen LogP contribution < -0.4 is 15.0 Å². The van der Waals surface area contributed by atoms with Crippen LogP contribution in [0.4, 0.5) is 0 Å². The Balaban J connectivity index is 1.52. The topological polar surface area (TPSA) is 83.8 Å². The van der Waals surface area contributed by atoms with Gasteiger partial charge in [0.2, 0.25) is 5.82 Å². The summed E-state index contributed by atoms with van der Waals surface area (Å²) in [5.41, 5.74) is 4.34. The summed E-state index contributed by atoms with van der Waals surface area (Å²) < 4.78 is 20.5. The zero-order chi connectivity index (χ0) is 28.0. The molecule has 0 saturated carbocycles. The molecule has 3 aromatic heterocycles. The quantitative estimate of drug-likeness (QED) is 0.213. The van der Waals surface area contributed by atoms with E-state index in [0.29, 0.717) is 38.8 Å². The van der Waals surface area contributed by atoms with Gasteiger partial charge in [0.25, 0.3) is 5.56 Å². The standard InChI is InChI=1S/C31H25ClN4O4/c1-18-14-20(19(2)35(18)25-15-21(32)12-13-28(25)39-4)17-33-36-30(34-24-9-6-5-8-22(24)31(36)37)29-16-23-26(38-3)10-7-11-27(23)40-29/h5-17H,1-4H3. The number of nitrogens with zero attached hydrogens (tertiary/aromatic N) is 4. The van der Waals surface area contributed by atoms with E-state index in [-0.39, 0.29) is 11.4 Å². The first-order chi connectivity index (χ1) is 19.4. The van der Waals surface area contributed by atoms with Crippen LogP contribution >= 0.6 is 11.6 Å². The summed E-state index contributed by atoms with van der Waals surface area (Å²) in [5, 5.41) is 6.46. The van der Waals surface area contributed by atoms with Gasteiger partial charge in [-0.2, -0.15) is 9.78 Å².